The number of hydrogen-bond donors (Lipinski definition) is 4. The van der Waals surface area contributed by atoms with Crippen molar-refractivity contribution in [1.82, 2.24) is 9.55 Å². The minimum absolute atomic E-state index is 0.0291. The van der Waals surface area contributed by atoms with Crippen LogP contribution < -0.4 is 4.74 Å². The third kappa shape index (κ3) is 2.39. The highest BCUT2D eigenvalue weighted by Gasteiger charge is 2.41. The number of benzene rings is 2. The van der Waals surface area contributed by atoms with Crippen LogP contribution in [-0.2, 0) is 0 Å². The van der Waals surface area contributed by atoms with E-state index < -0.39 is 17.9 Å². The predicted octanol–water partition coefficient (Wildman–Crippen LogP) is 2.26. The molecule has 0 spiro atoms. The van der Waals surface area contributed by atoms with E-state index in [4.69, 9.17) is 4.74 Å². The maximum Gasteiger partial charge on any atom is 0.197 e. The summed E-state index contributed by atoms with van der Waals surface area (Å²) in [6.45, 7) is 0. The lowest BCUT2D eigenvalue weighted by Crippen LogP contribution is -2.33. The fourth-order valence-electron chi connectivity index (χ4n) is 3.11. The number of phenols is 4. The van der Waals surface area contributed by atoms with Gasteiger partial charge in [0.2, 0.25) is 0 Å². The summed E-state index contributed by atoms with van der Waals surface area (Å²) in [5.74, 6) is -1.69. The van der Waals surface area contributed by atoms with Gasteiger partial charge in [0.05, 0.1) is 6.33 Å². The van der Waals surface area contributed by atoms with E-state index in [0.29, 0.717) is 5.56 Å². The van der Waals surface area contributed by atoms with E-state index in [0.717, 1.165) is 6.07 Å². The zero-order valence-corrected chi connectivity index (χ0v) is 13.3. The van der Waals surface area contributed by atoms with Crippen LogP contribution in [0.4, 0.5) is 0 Å². The first-order chi connectivity index (χ1) is 12.5. The number of ketones is 1. The molecule has 0 fully saturated rings. The molecule has 8 nitrogen and oxygen atoms in total. The fraction of sp³-hybridized carbons (Fsp3) is 0.111. The quantitative estimate of drug-likeness (QED) is 0.520. The van der Waals surface area contributed by atoms with Gasteiger partial charge >= 0.3 is 0 Å². The summed E-state index contributed by atoms with van der Waals surface area (Å²) in [6, 6.07) is 5.51. The molecule has 8 heteroatoms. The number of hydrogen-bond acceptors (Lipinski definition) is 7. The van der Waals surface area contributed by atoms with Crippen LogP contribution in [0.2, 0.25) is 0 Å². The van der Waals surface area contributed by atoms with Gasteiger partial charge in [0.15, 0.2) is 23.4 Å². The van der Waals surface area contributed by atoms with Crippen LogP contribution in [0.1, 0.15) is 28.1 Å². The van der Waals surface area contributed by atoms with E-state index in [2.05, 4.69) is 4.98 Å². The number of Topliss-reactive ketones (excluding diaryl/α,β-unsaturated/α-hetero) is 1. The van der Waals surface area contributed by atoms with Gasteiger partial charge in [-0.25, -0.2) is 4.98 Å². The maximum atomic E-state index is 13.1. The summed E-state index contributed by atoms with van der Waals surface area (Å²) >= 11 is 0. The summed E-state index contributed by atoms with van der Waals surface area (Å²) in [5.41, 5.74) is 0.390. The third-order valence-corrected chi connectivity index (χ3v) is 4.30. The predicted molar refractivity (Wildman–Crippen MR) is 88.5 cm³/mol. The molecule has 2 unspecified atom stereocenters. The van der Waals surface area contributed by atoms with Gasteiger partial charge in [0, 0.05) is 24.5 Å². The first kappa shape index (κ1) is 15.8. The molecule has 1 aliphatic heterocycles. The minimum atomic E-state index is -0.899. The molecule has 2 aromatic carbocycles. The second-order valence-corrected chi connectivity index (χ2v) is 5.94. The van der Waals surface area contributed by atoms with E-state index in [1.54, 1.807) is 6.20 Å². The Balaban J connectivity index is 1.90. The van der Waals surface area contributed by atoms with Gasteiger partial charge in [-0.2, -0.15) is 0 Å². The van der Waals surface area contributed by atoms with Crippen molar-refractivity contribution >= 4 is 5.78 Å². The monoisotopic (exact) mass is 354 g/mol. The number of carbonyl (C=O) groups excluding carboxylic acids is 1. The Kier molecular flexibility index (Phi) is 3.47. The third-order valence-electron chi connectivity index (χ3n) is 4.30. The average molecular weight is 354 g/mol. The van der Waals surface area contributed by atoms with Crippen LogP contribution in [0.5, 0.6) is 28.7 Å². The van der Waals surface area contributed by atoms with Gasteiger partial charge in [0.1, 0.15) is 28.9 Å². The van der Waals surface area contributed by atoms with E-state index in [9.17, 15) is 25.2 Å². The molecule has 0 amide bonds. The Morgan fingerprint density at radius 3 is 2.50 bits per heavy atom. The van der Waals surface area contributed by atoms with E-state index in [-0.39, 0.29) is 34.3 Å². The van der Waals surface area contributed by atoms with Crippen LogP contribution in [-0.4, -0.2) is 35.8 Å². The van der Waals surface area contributed by atoms with Crippen LogP contribution in [0, 0.1) is 0 Å². The van der Waals surface area contributed by atoms with Crippen molar-refractivity contribution in [2.45, 2.75) is 12.1 Å². The molecule has 0 saturated heterocycles. The summed E-state index contributed by atoms with van der Waals surface area (Å²) < 4.78 is 7.43. The lowest BCUT2D eigenvalue weighted by Gasteiger charge is -2.33. The van der Waals surface area contributed by atoms with Crippen molar-refractivity contribution in [2.24, 2.45) is 0 Å². The molecule has 0 bridgehead atoms. The van der Waals surface area contributed by atoms with Crippen molar-refractivity contribution < 1.29 is 30.0 Å². The van der Waals surface area contributed by atoms with Gasteiger partial charge in [-0.1, -0.05) is 6.07 Å². The molecule has 2 heterocycles. The van der Waals surface area contributed by atoms with Gasteiger partial charge in [-0.15, -0.1) is 0 Å². The molecule has 4 N–H and O–H groups in total. The summed E-state index contributed by atoms with van der Waals surface area (Å²) in [5, 5.41) is 39.1. The highest BCUT2D eigenvalue weighted by Crippen LogP contribution is 2.46. The molecular formula is C18H14N2O6. The second kappa shape index (κ2) is 5.69. The maximum absolute atomic E-state index is 13.1. The van der Waals surface area contributed by atoms with Crippen LogP contribution in [0.25, 0.3) is 0 Å². The molecular weight excluding hydrogens is 340 g/mol. The van der Waals surface area contributed by atoms with Gasteiger partial charge < -0.3 is 29.7 Å². The Morgan fingerprint density at radius 2 is 1.81 bits per heavy atom. The van der Waals surface area contributed by atoms with Gasteiger partial charge in [-0.05, 0) is 17.7 Å². The Hall–Kier alpha value is -3.68. The molecule has 3 aromatic rings. The van der Waals surface area contributed by atoms with Crippen LogP contribution in [0.3, 0.4) is 0 Å². The second-order valence-electron chi connectivity index (χ2n) is 5.94. The summed E-state index contributed by atoms with van der Waals surface area (Å²) in [4.78, 5) is 17.0. The van der Waals surface area contributed by atoms with Gasteiger partial charge in [0.25, 0.3) is 0 Å². The fourth-order valence-corrected chi connectivity index (χ4v) is 3.11. The van der Waals surface area contributed by atoms with Crippen molar-refractivity contribution in [3.8, 4) is 28.7 Å². The lowest BCUT2D eigenvalue weighted by molar-refractivity contribution is 0.0670. The molecule has 132 valence electrons. The van der Waals surface area contributed by atoms with Crippen molar-refractivity contribution in [1.29, 1.82) is 0 Å². The molecule has 0 aliphatic carbocycles. The Morgan fingerprint density at radius 1 is 1.00 bits per heavy atom. The van der Waals surface area contributed by atoms with E-state index in [1.165, 1.54) is 41.4 Å². The van der Waals surface area contributed by atoms with Crippen LogP contribution >= 0.6 is 0 Å². The standard InChI is InChI=1S/C18H14N2O6/c21-10-6-13(24)15-14(7-10)26-18(9-1-2-11(22)12(23)5-9)16(17(15)25)20-4-3-19-8-20/h1-8,16,18,21-24H. The highest BCUT2D eigenvalue weighted by molar-refractivity contribution is 6.05. The number of ether oxygens (including phenoxy) is 1. The molecule has 0 saturated carbocycles. The number of imidazole rings is 1. The first-order valence-electron chi connectivity index (χ1n) is 7.72. The number of nitrogens with zero attached hydrogens (tertiary/aromatic N) is 2. The SMILES string of the molecule is O=C1c2c(O)cc(O)cc2OC(c2ccc(O)c(O)c2)C1n1ccnc1. The number of fused-ring (bicyclic) bond motifs is 1. The average Bonchev–Trinajstić information content (AvgIpc) is 3.10. The Labute approximate surface area is 147 Å². The topological polar surface area (TPSA) is 125 Å². The molecule has 4 rings (SSSR count). The zero-order chi connectivity index (χ0) is 18.4. The smallest absolute Gasteiger partial charge is 0.197 e. The number of phenolic OH excluding ortho intramolecular Hbond substituents is 4. The number of rotatable bonds is 2. The number of aromatic hydroxyl groups is 4. The number of carbonyl (C=O) groups is 1. The summed E-state index contributed by atoms with van der Waals surface area (Å²) in [6.07, 6.45) is 3.66. The largest absolute Gasteiger partial charge is 0.508 e. The van der Waals surface area contributed by atoms with Gasteiger partial charge in [-0.3, -0.25) is 4.79 Å². The van der Waals surface area contributed by atoms with Crippen molar-refractivity contribution in [2.75, 3.05) is 0 Å². The highest BCUT2D eigenvalue weighted by atomic mass is 16.5. The number of aromatic nitrogens is 2. The zero-order valence-electron chi connectivity index (χ0n) is 13.3. The van der Waals surface area contributed by atoms with Crippen molar-refractivity contribution in [3.05, 3.63) is 60.2 Å². The molecule has 1 aromatic heterocycles. The van der Waals surface area contributed by atoms with E-state index in [1.807, 2.05) is 0 Å². The first-order valence-corrected chi connectivity index (χ1v) is 7.72. The molecule has 1 aliphatic rings. The van der Waals surface area contributed by atoms with Crippen LogP contribution in [0.15, 0.2) is 49.1 Å². The lowest BCUT2D eigenvalue weighted by atomic mass is 9.90. The van der Waals surface area contributed by atoms with Crippen molar-refractivity contribution in [3.63, 3.8) is 0 Å². The normalized spacial score (nSPS) is 19.0. The Bertz CT molecular complexity index is 999. The molecule has 0 radical (unpaired) electrons. The summed E-state index contributed by atoms with van der Waals surface area (Å²) in [7, 11) is 0. The molecule has 2 atom stereocenters. The van der Waals surface area contributed by atoms with E-state index >= 15 is 0 Å². The molecule has 26 heavy (non-hydrogen) atoms. The minimum Gasteiger partial charge on any atom is -0.508 e.